The highest BCUT2D eigenvalue weighted by Crippen LogP contribution is 2.42. The lowest BCUT2D eigenvalue weighted by Gasteiger charge is -2.54. The van der Waals surface area contributed by atoms with Crippen LogP contribution in [0.2, 0.25) is 39.3 Å². The lowest BCUT2D eigenvalue weighted by molar-refractivity contribution is -0.157. The molecule has 0 aromatic carbocycles. The van der Waals surface area contributed by atoms with Gasteiger partial charge in [-0.3, -0.25) is 9.59 Å². The standard InChI is InChI=1S/C14H26N2O4SSi2/c1-22(2,3)15-10-11(18)16-7-14(8-17,9-21-12(10)16)13(19)20-23(4,5)6/h8,10,12,15H,7,9H2,1-6H3/t10?,12-,14?/m1/s1. The van der Waals surface area contributed by atoms with Gasteiger partial charge in [-0.05, 0) is 19.6 Å². The van der Waals surface area contributed by atoms with Crippen LogP contribution < -0.4 is 4.98 Å². The molecule has 1 amide bonds. The molecule has 2 rings (SSSR count). The Labute approximate surface area is 143 Å². The number of nitrogens with one attached hydrogen (secondary N) is 1. The van der Waals surface area contributed by atoms with Crippen LogP contribution in [0.25, 0.3) is 0 Å². The molecule has 2 heterocycles. The molecule has 2 aliphatic rings. The first-order chi connectivity index (χ1) is 10.4. The van der Waals surface area contributed by atoms with Crippen molar-refractivity contribution in [3.05, 3.63) is 0 Å². The van der Waals surface area contributed by atoms with Crippen molar-refractivity contribution in [3.8, 4) is 0 Å². The molecule has 0 aliphatic carbocycles. The quantitative estimate of drug-likeness (QED) is 0.338. The number of fused-ring (bicyclic) bond motifs is 1. The second kappa shape index (κ2) is 6.01. The van der Waals surface area contributed by atoms with Crippen molar-refractivity contribution in [2.45, 2.75) is 50.7 Å². The average molecular weight is 375 g/mol. The van der Waals surface area contributed by atoms with Crippen molar-refractivity contribution in [3.63, 3.8) is 0 Å². The van der Waals surface area contributed by atoms with Gasteiger partial charge in [-0.25, -0.2) is 0 Å². The maximum atomic E-state index is 12.5. The highest BCUT2D eigenvalue weighted by molar-refractivity contribution is 8.00. The number of hydrogen-bond acceptors (Lipinski definition) is 6. The zero-order valence-electron chi connectivity index (χ0n) is 14.6. The lowest BCUT2D eigenvalue weighted by atomic mass is 9.89. The number of β-lactam (4-membered cyclic amide) rings is 1. The average Bonchev–Trinajstić information content (AvgIpc) is 2.41. The largest absolute Gasteiger partial charge is 0.519 e. The maximum absolute atomic E-state index is 12.5. The molecule has 0 aromatic rings. The van der Waals surface area contributed by atoms with E-state index in [9.17, 15) is 14.4 Å². The summed E-state index contributed by atoms with van der Waals surface area (Å²) in [6, 6.07) is -0.190. The van der Waals surface area contributed by atoms with Gasteiger partial charge in [0.25, 0.3) is 0 Å². The Hall–Kier alpha value is -0.646. The molecular weight excluding hydrogens is 348 g/mol. The molecule has 130 valence electrons. The summed E-state index contributed by atoms with van der Waals surface area (Å²) in [6.07, 6.45) is 0.672. The molecule has 0 saturated carbocycles. The van der Waals surface area contributed by atoms with E-state index in [4.69, 9.17) is 4.43 Å². The lowest BCUT2D eigenvalue weighted by Crippen LogP contribution is -2.75. The van der Waals surface area contributed by atoms with Crippen LogP contribution in [0.5, 0.6) is 0 Å². The molecule has 2 fully saturated rings. The monoisotopic (exact) mass is 374 g/mol. The molecule has 1 N–H and O–H groups in total. The van der Waals surface area contributed by atoms with Crippen LogP contribution >= 0.6 is 11.8 Å². The van der Waals surface area contributed by atoms with Crippen LogP contribution in [0.4, 0.5) is 0 Å². The van der Waals surface area contributed by atoms with Gasteiger partial charge in [-0.2, -0.15) is 0 Å². The highest BCUT2D eigenvalue weighted by atomic mass is 32.2. The molecule has 9 heteroatoms. The summed E-state index contributed by atoms with van der Waals surface area (Å²) >= 11 is 1.50. The molecule has 3 atom stereocenters. The Morgan fingerprint density at radius 1 is 1.35 bits per heavy atom. The Kier molecular flexibility index (Phi) is 4.89. The van der Waals surface area contributed by atoms with Crippen molar-refractivity contribution in [2.75, 3.05) is 12.3 Å². The highest BCUT2D eigenvalue weighted by Gasteiger charge is 2.58. The molecule has 0 aromatic heterocycles. The van der Waals surface area contributed by atoms with Gasteiger partial charge in [0.05, 0.1) is 0 Å². The Morgan fingerprint density at radius 3 is 2.43 bits per heavy atom. The predicted molar refractivity (Wildman–Crippen MR) is 96.2 cm³/mol. The van der Waals surface area contributed by atoms with Crippen LogP contribution in [0, 0.1) is 5.41 Å². The SMILES string of the molecule is C[Si](C)(C)NC1C(=O)N2CC(C=O)(C(=O)O[Si](C)(C)C)CS[C@H]12. The van der Waals surface area contributed by atoms with E-state index in [-0.39, 0.29) is 23.9 Å². The van der Waals surface area contributed by atoms with Crippen molar-refractivity contribution in [1.29, 1.82) is 0 Å². The predicted octanol–water partition coefficient (Wildman–Crippen LogP) is 1.26. The van der Waals surface area contributed by atoms with Crippen LogP contribution in [-0.4, -0.2) is 63.3 Å². The third kappa shape index (κ3) is 3.89. The zero-order chi connectivity index (χ0) is 17.6. The van der Waals surface area contributed by atoms with Crippen molar-refractivity contribution >= 4 is 46.5 Å². The number of carbonyl (C=O) groups excluding carboxylic acids is 3. The maximum Gasteiger partial charge on any atom is 0.308 e. The summed E-state index contributed by atoms with van der Waals surface area (Å²) in [4.78, 5) is 41.6. The molecule has 2 aliphatic heterocycles. The van der Waals surface area contributed by atoms with E-state index < -0.39 is 27.9 Å². The van der Waals surface area contributed by atoms with E-state index in [1.807, 2.05) is 19.6 Å². The van der Waals surface area contributed by atoms with Gasteiger partial charge < -0.3 is 19.1 Å². The number of nitrogens with zero attached hydrogens (tertiary/aromatic N) is 1. The van der Waals surface area contributed by atoms with Crippen LogP contribution in [0.3, 0.4) is 0 Å². The normalized spacial score (nSPS) is 31.2. The molecule has 2 saturated heterocycles. The van der Waals surface area contributed by atoms with Crippen molar-refractivity contribution < 1.29 is 18.8 Å². The van der Waals surface area contributed by atoms with E-state index >= 15 is 0 Å². The molecule has 6 nitrogen and oxygen atoms in total. The third-order valence-corrected chi connectivity index (χ3v) is 7.25. The van der Waals surface area contributed by atoms with Gasteiger partial charge >= 0.3 is 5.97 Å². The second-order valence-corrected chi connectivity index (χ2v) is 18.6. The Morgan fingerprint density at radius 2 is 1.96 bits per heavy atom. The van der Waals surface area contributed by atoms with E-state index in [2.05, 4.69) is 24.6 Å². The number of amides is 1. The van der Waals surface area contributed by atoms with Gasteiger partial charge in [0, 0.05) is 12.3 Å². The number of thioether (sulfide) groups is 1. The summed E-state index contributed by atoms with van der Waals surface area (Å²) in [5, 5.41) is 0.0157. The topological polar surface area (TPSA) is 75.7 Å². The number of carbonyl (C=O) groups is 3. The number of rotatable bonds is 5. The van der Waals surface area contributed by atoms with E-state index in [0.717, 1.165) is 0 Å². The third-order valence-electron chi connectivity index (χ3n) is 3.73. The summed E-state index contributed by atoms with van der Waals surface area (Å²) in [7, 11) is -3.65. The molecule has 23 heavy (non-hydrogen) atoms. The molecule has 0 radical (unpaired) electrons. The van der Waals surface area contributed by atoms with Gasteiger partial charge in [0.2, 0.25) is 14.2 Å². The van der Waals surface area contributed by atoms with Gasteiger partial charge in [0.15, 0.2) is 0 Å². The molecule has 0 bridgehead atoms. The Bertz CT molecular complexity index is 532. The Balaban J connectivity index is 2.10. The van der Waals surface area contributed by atoms with Crippen LogP contribution in [-0.2, 0) is 18.8 Å². The van der Waals surface area contributed by atoms with E-state index in [0.29, 0.717) is 12.0 Å². The van der Waals surface area contributed by atoms with Gasteiger partial charge in [-0.15, -0.1) is 11.8 Å². The van der Waals surface area contributed by atoms with Crippen molar-refractivity contribution in [2.24, 2.45) is 5.41 Å². The van der Waals surface area contributed by atoms with E-state index in [1.54, 1.807) is 4.90 Å². The minimum absolute atomic E-state index is 0.0157. The summed E-state index contributed by atoms with van der Waals surface area (Å²) < 4.78 is 5.53. The fourth-order valence-electron chi connectivity index (χ4n) is 2.68. The van der Waals surface area contributed by atoms with Gasteiger partial charge in [-0.1, -0.05) is 19.6 Å². The zero-order valence-corrected chi connectivity index (χ0v) is 17.5. The summed E-state index contributed by atoms with van der Waals surface area (Å²) in [5.41, 5.74) is -1.22. The van der Waals surface area contributed by atoms with Crippen molar-refractivity contribution in [1.82, 2.24) is 9.88 Å². The first-order valence-corrected chi connectivity index (χ1v) is 15.7. The number of hydrogen-bond donors (Lipinski definition) is 1. The molecule has 0 spiro atoms. The smallest absolute Gasteiger partial charge is 0.308 e. The van der Waals surface area contributed by atoms with E-state index in [1.165, 1.54) is 11.8 Å². The van der Waals surface area contributed by atoms with Crippen LogP contribution in [0.15, 0.2) is 0 Å². The second-order valence-electron chi connectivity index (χ2n) is 8.32. The minimum Gasteiger partial charge on any atom is -0.519 e. The van der Waals surface area contributed by atoms with Crippen LogP contribution in [0.1, 0.15) is 0 Å². The molecular formula is C14H26N2O4SSi2. The minimum atomic E-state index is -2.08. The summed E-state index contributed by atoms with van der Waals surface area (Å²) in [6.45, 7) is 12.3. The van der Waals surface area contributed by atoms with Gasteiger partial charge in [0.1, 0.15) is 31.4 Å². The first-order valence-electron chi connectivity index (χ1n) is 7.78. The number of aldehydes is 1. The summed E-state index contributed by atoms with van der Waals surface area (Å²) in [5.74, 6) is -0.123. The first kappa shape index (κ1) is 18.7. The molecule has 2 unspecified atom stereocenters. The fraction of sp³-hybridized carbons (Fsp3) is 0.786. The fourth-order valence-corrected chi connectivity index (χ4v) is 6.26.